The molecule has 3 nitrogen and oxygen atoms in total. The molecule has 0 bridgehead atoms. The van der Waals surface area contributed by atoms with Gasteiger partial charge in [-0.2, -0.15) is 5.10 Å². The molecule has 0 saturated heterocycles. The molecule has 0 aliphatic heterocycles. The van der Waals surface area contributed by atoms with Crippen molar-refractivity contribution >= 4 is 11.6 Å². The summed E-state index contributed by atoms with van der Waals surface area (Å²) in [5.74, 6) is 1.22. The Bertz CT molecular complexity index is 385. The SMILES string of the molecule is Cc1nn(C(C)C(C)CNCC(C)C)c(C)c1Cl. The highest BCUT2D eigenvalue weighted by Gasteiger charge is 2.19. The molecule has 104 valence electrons. The first-order valence-electron chi connectivity index (χ1n) is 6.76. The summed E-state index contributed by atoms with van der Waals surface area (Å²) >= 11 is 6.19. The summed E-state index contributed by atoms with van der Waals surface area (Å²) in [7, 11) is 0. The zero-order valence-electron chi connectivity index (χ0n) is 12.4. The Labute approximate surface area is 116 Å². The number of rotatable bonds is 6. The highest BCUT2D eigenvalue weighted by atomic mass is 35.5. The summed E-state index contributed by atoms with van der Waals surface area (Å²) in [6, 6.07) is 0.357. The maximum absolute atomic E-state index is 6.19. The van der Waals surface area contributed by atoms with Crippen molar-refractivity contribution in [2.45, 2.75) is 47.6 Å². The van der Waals surface area contributed by atoms with Gasteiger partial charge in [-0.25, -0.2) is 0 Å². The average molecular weight is 272 g/mol. The molecule has 0 saturated carbocycles. The van der Waals surface area contributed by atoms with Crippen LogP contribution in [0.1, 0.15) is 45.1 Å². The second kappa shape index (κ2) is 6.58. The van der Waals surface area contributed by atoms with Gasteiger partial charge in [0.05, 0.1) is 22.5 Å². The summed E-state index contributed by atoms with van der Waals surface area (Å²) in [6.45, 7) is 15.0. The Morgan fingerprint density at radius 3 is 2.22 bits per heavy atom. The van der Waals surface area contributed by atoms with Gasteiger partial charge in [0.1, 0.15) is 0 Å². The Morgan fingerprint density at radius 2 is 1.78 bits per heavy atom. The second-order valence-corrected chi connectivity index (χ2v) is 6.08. The maximum Gasteiger partial charge on any atom is 0.0844 e. The fraction of sp³-hybridized carbons (Fsp3) is 0.786. The third-order valence-electron chi connectivity index (χ3n) is 3.46. The van der Waals surface area contributed by atoms with Gasteiger partial charge in [-0.05, 0) is 45.7 Å². The number of hydrogen-bond donors (Lipinski definition) is 1. The summed E-state index contributed by atoms with van der Waals surface area (Å²) in [5, 5.41) is 8.83. The highest BCUT2D eigenvalue weighted by molar-refractivity contribution is 6.31. The van der Waals surface area contributed by atoms with Gasteiger partial charge in [0.2, 0.25) is 0 Å². The van der Waals surface area contributed by atoms with Crippen molar-refractivity contribution in [2.24, 2.45) is 11.8 Å². The van der Waals surface area contributed by atoms with Gasteiger partial charge in [-0.3, -0.25) is 4.68 Å². The highest BCUT2D eigenvalue weighted by Crippen LogP contribution is 2.25. The van der Waals surface area contributed by atoms with E-state index in [0.29, 0.717) is 17.9 Å². The molecule has 1 N–H and O–H groups in total. The van der Waals surface area contributed by atoms with E-state index in [1.807, 2.05) is 13.8 Å². The van der Waals surface area contributed by atoms with Gasteiger partial charge in [-0.15, -0.1) is 0 Å². The van der Waals surface area contributed by atoms with Crippen molar-refractivity contribution < 1.29 is 0 Å². The van der Waals surface area contributed by atoms with E-state index in [0.717, 1.165) is 29.5 Å². The molecule has 4 heteroatoms. The minimum Gasteiger partial charge on any atom is -0.316 e. The molecule has 1 aromatic heterocycles. The molecular formula is C14H26ClN3. The number of nitrogens with one attached hydrogen (secondary N) is 1. The van der Waals surface area contributed by atoms with E-state index in [2.05, 4.69) is 42.8 Å². The average Bonchev–Trinajstić information content (AvgIpc) is 2.55. The zero-order valence-corrected chi connectivity index (χ0v) is 13.2. The van der Waals surface area contributed by atoms with Gasteiger partial charge >= 0.3 is 0 Å². The quantitative estimate of drug-likeness (QED) is 0.857. The molecule has 1 rings (SSSR count). The second-order valence-electron chi connectivity index (χ2n) is 5.70. The van der Waals surface area contributed by atoms with Gasteiger partial charge in [0.15, 0.2) is 0 Å². The van der Waals surface area contributed by atoms with E-state index in [9.17, 15) is 0 Å². The fourth-order valence-electron chi connectivity index (χ4n) is 2.05. The molecule has 0 aromatic carbocycles. The molecular weight excluding hydrogens is 246 g/mol. The fourth-order valence-corrected chi connectivity index (χ4v) is 2.18. The summed E-state index contributed by atoms with van der Waals surface area (Å²) in [4.78, 5) is 0. The Morgan fingerprint density at radius 1 is 1.17 bits per heavy atom. The van der Waals surface area contributed by atoms with Crippen LogP contribution in [0.4, 0.5) is 0 Å². The standard InChI is InChI=1S/C14H26ClN3/c1-9(2)7-16-8-10(3)12(5)18-13(6)14(15)11(4)17-18/h9-10,12,16H,7-8H2,1-6H3. The minimum absolute atomic E-state index is 0.357. The van der Waals surface area contributed by atoms with Crippen LogP contribution in [0.3, 0.4) is 0 Å². The number of aryl methyl sites for hydroxylation is 1. The lowest BCUT2D eigenvalue weighted by molar-refractivity contribution is 0.327. The van der Waals surface area contributed by atoms with Crippen LogP contribution in [0.5, 0.6) is 0 Å². The molecule has 2 unspecified atom stereocenters. The summed E-state index contributed by atoms with van der Waals surface area (Å²) in [6.07, 6.45) is 0. The Hall–Kier alpha value is -0.540. The van der Waals surface area contributed by atoms with Crippen molar-refractivity contribution in [2.75, 3.05) is 13.1 Å². The lowest BCUT2D eigenvalue weighted by atomic mass is 10.0. The number of nitrogens with zero attached hydrogens (tertiary/aromatic N) is 2. The van der Waals surface area contributed by atoms with Crippen LogP contribution in [-0.2, 0) is 0 Å². The topological polar surface area (TPSA) is 29.9 Å². The molecule has 2 atom stereocenters. The summed E-state index contributed by atoms with van der Waals surface area (Å²) in [5.41, 5.74) is 1.99. The summed E-state index contributed by atoms with van der Waals surface area (Å²) < 4.78 is 2.05. The minimum atomic E-state index is 0.357. The maximum atomic E-state index is 6.19. The molecule has 0 aliphatic carbocycles. The van der Waals surface area contributed by atoms with E-state index in [1.54, 1.807) is 0 Å². The number of aromatic nitrogens is 2. The van der Waals surface area contributed by atoms with E-state index in [1.165, 1.54) is 0 Å². The van der Waals surface area contributed by atoms with E-state index in [-0.39, 0.29) is 0 Å². The van der Waals surface area contributed by atoms with Crippen molar-refractivity contribution in [3.05, 3.63) is 16.4 Å². The Balaban J connectivity index is 2.62. The van der Waals surface area contributed by atoms with Crippen LogP contribution in [0.2, 0.25) is 5.02 Å². The predicted octanol–water partition coefficient (Wildman–Crippen LogP) is 3.60. The first-order valence-corrected chi connectivity index (χ1v) is 7.14. The van der Waals surface area contributed by atoms with Gasteiger partial charge in [0, 0.05) is 0 Å². The van der Waals surface area contributed by atoms with Crippen LogP contribution in [-0.4, -0.2) is 22.9 Å². The largest absolute Gasteiger partial charge is 0.316 e. The lowest BCUT2D eigenvalue weighted by Gasteiger charge is -2.22. The van der Waals surface area contributed by atoms with Crippen molar-refractivity contribution in [3.63, 3.8) is 0 Å². The molecule has 1 heterocycles. The number of hydrogen-bond acceptors (Lipinski definition) is 2. The third-order valence-corrected chi connectivity index (χ3v) is 4.01. The Kier molecular flexibility index (Phi) is 5.67. The normalized spacial score (nSPS) is 15.1. The molecule has 0 amide bonds. The molecule has 0 spiro atoms. The van der Waals surface area contributed by atoms with Gasteiger partial charge < -0.3 is 5.32 Å². The first-order chi connectivity index (χ1) is 8.34. The number of halogens is 1. The van der Waals surface area contributed by atoms with Crippen molar-refractivity contribution in [1.82, 2.24) is 15.1 Å². The van der Waals surface area contributed by atoms with E-state index >= 15 is 0 Å². The van der Waals surface area contributed by atoms with Crippen LogP contribution in [0.15, 0.2) is 0 Å². The van der Waals surface area contributed by atoms with E-state index < -0.39 is 0 Å². The van der Waals surface area contributed by atoms with Crippen LogP contribution in [0.25, 0.3) is 0 Å². The van der Waals surface area contributed by atoms with Crippen molar-refractivity contribution in [1.29, 1.82) is 0 Å². The van der Waals surface area contributed by atoms with E-state index in [4.69, 9.17) is 11.6 Å². The van der Waals surface area contributed by atoms with Crippen LogP contribution < -0.4 is 5.32 Å². The zero-order chi connectivity index (χ0) is 13.9. The smallest absolute Gasteiger partial charge is 0.0844 e. The monoisotopic (exact) mass is 271 g/mol. The molecule has 0 aliphatic rings. The molecule has 0 fully saturated rings. The third kappa shape index (κ3) is 3.72. The lowest BCUT2D eigenvalue weighted by Crippen LogP contribution is -2.30. The molecule has 1 aromatic rings. The van der Waals surface area contributed by atoms with Gasteiger partial charge in [-0.1, -0.05) is 32.4 Å². The van der Waals surface area contributed by atoms with Crippen molar-refractivity contribution in [3.8, 4) is 0 Å². The molecule has 0 radical (unpaired) electrons. The van der Waals surface area contributed by atoms with Crippen LogP contribution in [0, 0.1) is 25.7 Å². The first kappa shape index (κ1) is 15.5. The predicted molar refractivity (Wildman–Crippen MR) is 78.3 cm³/mol. The molecule has 18 heavy (non-hydrogen) atoms. The van der Waals surface area contributed by atoms with Gasteiger partial charge in [0.25, 0.3) is 0 Å². The van der Waals surface area contributed by atoms with Crippen LogP contribution >= 0.6 is 11.6 Å².